The van der Waals surface area contributed by atoms with Crippen LogP contribution in [0.15, 0.2) is 6.33 Å². The summed E-state index contributed by atoms with van der Waals surface area (Å²) >= 11 is 0. The lowest BCUT2D eigenvalue weighted by Crippen LogP contribution is -2.15. The molecule has 0 aliphatic carbocycles. The molecule has 0 unspecified atom stereocenters. The number of nitrogen functional groups attached to an aromatic ring is 1. The predicted molar refractivity (Wildman–Crippen MR) is 60.0 cm³/mol. The predicted octanol–water partition coefficient (Wildman–Crippen LogP) is -0.959. The number of esters is 1. The van der Waals surface area contributed by atoms with Gasteiger partial charge in [-0.3, -0.25) is 4.79 Å². The minimum atomic E-state index is -0.444. The van der Waals surface area contributed by atoms with Crippen molar-refractivity contribution in [2.45, 2.75) is 20.1 Å². The van der Waals surface area contributed by atoms with Crippen molar-refractivity contribution >= 4 is 11.9 Å². The first kappa shape index (κ1) is 12.0. The van der Waals surface area contributed by atoms with E-state index in [1.165, 1.54) is 11.0 Å². The van der Waals surface area contributed by atoms with E-state index in [1.54, 1.807) is 11.6 Å². The average molecular weight is 251 g/mol. The molecule has 0 aliphatic heterocycles. The Hall–Kier alpha value is -2.45. The van der Waals surface area contributed by atoms with Gasteiger partial charge in [-0.05, 0) is 6.92 Å². The average Bonchev–Trinajstić information content (AvgIpc) is 2.86. The van der Waals surface area contributed by atoms with Gasteiger partial charge in [-0.1, -0.05) is 0 Å². The van der Waals surface area contributed by atoms with Crippen molar-refractivity contribution in [1.29, 1.82) is 0 Å². The van der Waals surface area contributed by atoms with Gasteiger partial charge >= 0.3 is 5.97 Å². The molecule has 18 heavy (non-hydrogen) atoms. The van der Waals surface area contributed by atoms with Crippen molar-refractivity contribution in [2.24, 2.45) is 7.05 Å². The molecule has 9 nitrogen and oxygen atoms in total. The van der Waals surface area contributed by atoms with E-state index in [0.29, 0.717) is 5.82 Å². The molecule has 0 saturated carbocycles. The quantitative estimate of drug-likeness (QED) is 0.696. The largest absolute Gasteiger partial charge is 0.456 e. The summed E-state index contributed by atoms with van der Waals surface area (Å²) in [6, 6.07) is 0. The normalized spacial score (nSPS) is 10.6. The van der Waals surface area contributed by atoms with E-state index in [1.807, 2.05) is 6.92 Å². The molecule has 2 N–H and O–H groups in total. The summed E-state index contributed by atoms with van der Waals surface area (Å²) < 4.78 is 8.10. The number of carbonyl (C=O) groups excluding carboxylic acids is 1. The molecule has 96 valence electrons. The maximum absolute atomic E-state index is 11.5. The molecular formula is C9H13N7O2. The van der Waals surface area contributed by atoms with Crippen LogP contribution in [0.5, 0.6) is 0 Å². The third kappa shape index (κ3) is 2.62. The Balaban J connectivity index is 1.87. The second kappa shape index (κ2) is 4.82. The van der Waals surface area contributed by atoms with Gasteiger partial charge in [0.15, 0.2) is 12.4 Å². The number of ether oxygens (including phenoxy) is 1. The van der Waals surface area contributed by atoms with Crippen LogP contribution >= 0.6 is 0 Å². The van der Waals surface area contributed by atoms with Crippen molar-refractivity contribution in [2.75, 3.05) is 5.73 Å². The number of nitrogens with zero attached hydrogens (tertiary/aromatic N) is 6. The molecule has 2 heterocycles. The van der Waals surface area contributed by atoms with Gasteiger partial charge in [0.1, 0.15) is 18.7 Å². The molecule has 0 amide bonds. The number of rotatable bonds is 4. The first-order valence-corrected chi connectivity index (χ1v) is 5.21. The molecule has 2 aromatic heterocycles. The fourth-order valence-electron chi connectivity index (χ4n) is 1.28. The number of aromatic nitrogens is 6. The van der Waals surface area contributed by atoms with Gasteiger partial charge in [0.25, 0.3) is 0 Å². The van der Waals surface area contributed by atoms with E-state index >= 15 is 0 Å². The van der Waals surface area contributed by atoms with Crippen LogP contribution in [0.1, 0.15) is 11.6 Å². The minimum absolute atomic E-state index is 0.0406. The van der Waals surface area contributed by atoms with Gasteiger partial charge in [0.2, 0.25) is 5.95 Å². The minimum Gasteiger partial charge on any atom is -0.456 e. The van der Waals surface area contributed by atoms with Crippen LogP contribution in [0.2, 0.25) is 0 Å². The Kier molecular flexibility index (Phi) is 3.22. The lowest BCUT2D eigenvalue weighted by molar-refractivity contribution is -0.146. The monoisotopic (exact) mass is 251 g/mol. The first-order chi connectivity index (χ1) is 8.56. The summed E-state index contributed by atoms with van der Waals surface area (Å²) in [6.07, 6.45) is 1.36. The molecule has 0 saturated heterocycles. The van der Waals surface area contributed by atoms with Crippen LogP contribution in [0.3, 0.4) is 0 Å². The third-order valence-corrected chi connectivity index (χ3v) is 2.39. The standard InChI is InChI=1S/C9H13N7O2/c1-6-12-13-7(15(6)2)4-18-8(17)3-16-5-11-9(10)14-16/h5H,3-4H2,1-2H3,(H2,10,14). The number of anilines is 1. The summed E-state index contributed by atoms with van der Waals surface area (Å²) in [5, 5.41) is 11.5. The summed E-state index contributed by atoms with van der Waals surface area (Å²) in [7, 11) is 1.80. The molecule has 0 bridgehead atoms. The highest BCUT2D eigenvalue weighted by atomic mass is 16.5. The zero-order valence-electron chi connectivity index (χ0n) is 10.1. The van der Waals surface area contributed by atoms with Crippen LogP contribution in [0.25, 0.3) is 0 Å². The van der Waals surface area contributed by atoms with E-state index in [4.69, 9.17) is 10.5 Å². The molecule has 0 radical (unpaired) electrons. The Bertz CT molecular complexity index is 559. The number of hydrogen-bond acceptors (Lipinski definition) is 7. The Morgan fingerprint density at radius 3 is 2.83 bits per heavy atom. The van der Waals surface area contributed by atoms with Crippen LogP contribution in [-0.4, -0.2) is 35.5 Å². The Labute approximate surface area is 103 Å². The van der Waals surface area contributed by atoms with Gasteiger partial charge in [-0.25, -0.2) is 9.67 Å². The van der Waals surface area contributed by atoms with E-state index in [2.05, 4.69) is 20.3 Å². The van der Waals surface area contributed by atoms with Crippen molar-refractivity contribution in [3.05, 3.63) is 18.0 Å². The summed E-state index contributed by atoms with van der Waals surface area (Å²) in [5.41, 5.74) is 5.33. The Morgan fingerprint density at radius 1 is 1.50 bits per heavy atom. The Morgan fingerprint density at radius 2 is 2.28 bits per heavy atom. The summed E-state index contributed by atoms with van der Waals surface area (Å²) in [5.74, 6) is 1.01. The van der Waals surface area contributed by atoms with Crippen LogP contribution < -0.4 is 5.73 Å². The third-order valence-electron chi connectivity index (χ3n) is 2.39. The van der Waals surface area contributed by atoms with Crippen molar-refractivity contribution in [1.82, 2.24) is 29.5 Å². The lowest BCUT2D eigenvalue weighted by Gasteiger charge is -2.04. The molecular weight excluding hydrogens is 238 g/mol. The zero-order chi connectivity index (χ0) is 13.1. The zero-order valence-corrected chi connectivity index (χ0v) is 10.1. The van der Waals surface area contributed by atoms with Gasteiger partial charge in [-0.2, -0.15) is 0 Å². The van der Waals surface area contributed by atoms with Gasteiger partial charge in [0, 0.05) is 7.05 Å². The van der Waals surface area contributed by atoms with Crippen LogP contribution in [0, 0.1) is 6.92 Å². The van der Waals surface area contributed by atoms with Gasteiger partial charge in [0.05, 0.1) is 0 Å². The van der Waals surface area contributed by atoms with E-state index < -0.39 is 5.97 Å². The highest BCUT2D eigenvalue weighted by Gasteiger charge is 2.10. The number of nitrogens with two attached hydrogens (primary N) is 1. The van der Waals surface area contributed by atoms with E-state index in [0.717, 1.165) is 5.82 Å². The molecule has 2 rings (SSSR count). The molecule has 9 heteroatoms. The maximum atomic E-state index is 11.5. The smallest absolute Gasteiger partial charge is 0.328 e. The highest BCUT2D eigenvalue weighted by Crippen LogP contribution is 2.00. The molecule has 0 atom stereocenters. The fourth-order valence-corrected chi connectivity index (χ4v) is 1.28. The van der Waals surface area contributed by atoms with Crippen molar-refractivity contribution < 1.29 is 9.53 Å². The second-order valence-corrected chi connectivity index (χ2v) is 3.68. The van der Waals surface area contributed by atoms with Crippen molar-refractivity contribution in [3.8, 4) is 0 Å². The van der Waals surface area contributed by atoms with Gasteiger partial charge < -0.3 is 15.0 Å². The number of hydrogen-bond donors (Lipinski definition) is 1. The topological polar surface area (TPSA) is 114 Å². The van der Waals surface area contributed by atoms with Crippen LogP contribution in [0.4, 0.5) is 5.95 Å². The maximum Gasteiger partial charge on any atom is 0.328 e. The molecule has 0 fully saturated rings. The molecule has 0 aromatic carbocycles. The van der Waals surface area contributed by atoms with Crippen molar-refractivity contribution in [3.63, 3.8) is 0 Å². The highest BCUT2D eigenvalue weighted by molar-refractivity contribution is 5.68. The number of aryl methyl sites for hydroxylation is 1. The first-order valence-electron chi connectivity index (χ1n) is 5.21. The van der Waals surface area contributed by atoms with Gasteiger partial charge in [-0.15, -0.1) is 15.3 Å². The van der Waals surface area contributed by atoms with Crippen LogP contribution in [-0.2, 0) is 29.7 Å². The van der Waals surface area contributed by atoms with E-state index in [-0.39, 0.29) is 19.1 Å². The second-order valence-electron chi connectivity index (χ2n) is 3.68. The molecule has 2 aromatic rings. The molecule has 0 spiro atoms. The number of carbonyl (C=O) groups is 1. The molecule has 0 aliphatic rings. The SMILES string of the molecule is Cc1nnc(COC(=O)Cn2cnc(N)n2)n1C. The lowest BCUT2D eigenvalue weighted by atomic mass is 10.6. The van der Waals surface area contributed by atoms with E-state index in [9.17, 15) is 4.79 Å². The fraction of sp³-hybridized carbons (Fsp3) is 0.444. The summed E-state index contributed by atoms with van der Waals surface area (Å²) in [4.78, 5) is 15.2. The summed E-state index contributed by atoms with van der Waals surface area (Å²) in [6.45, 7) is 1.85.